The third kappa shape index (κ3) is 20.5. The van der Waals surface area contributed by atoms with Crippen molar-refractivity contribution < 1.29 is 98.6 Å². The number of para-hydroxylation sites is 2. The van der Waals surface area contributed by atoms with Gasteiger partial charge in [0, 0.05) is 12.1 Å². The van der Waals surface area contributed by atoms with E-state index in [1.807, 2.05) is 12.1 Å². The van der Waals surface area contributed by atoms with Crippen LogP contribution in [0, 0.1) is 50.5 Å². The molecule has 0 radical (unpaired) electrons. The number of rotatable bonds is 23. The first-order valence-corrected chi connectivity index (χ1v) is 32.3. The first-order valence-electron chi connectivity index (χ1n) is 29.2. The van der Waals surface area contributed by atoms with Crippen molar-refractivity contribution in [2.75, 3.05) is 37.9 Å². The number of aliphatic hydroxyl groups is 5. The van der Waals surface area contributed by atoms with Crippen LogP contribution in [0.4, 0.5) is 17.3 Å². The van der Waals surface area contributed by atoms with E-state index in [0.29, 0.717) is 11.0 Å². The molecule has 6 heterocycles. The van der Waals surface area contributed by atoms with Crippen molar-refractivity contribution in [1.29, 1.82) is 10.5 Å². The Labute approximate surface area is 582 Å². The number of aromatic nitrogens is 6. The molecule has 0 aliphatic carbocycles. The van der Waals surface area contributed by atoms with Gasteiger partial charge in [-0.1, -0.05) is 71.5 Å². The van der Waals surface area contributed by atoms with Crippen LogP contribution in [0.3, 0.4) is 0 Å². The number of hydrogen-bond donors (Lipinski definition) is 9. The van der Waals surface area contributed by atoms with E-state index >= 15 is 0 Å². The average Bonchev–Trinajstić information content (AvgIpc) is 1.60. The molecular weight excluding hydrogens is 1340 g/mol. The molecule has 2 aliphatic heterocycles. The fraction of sp³-hybridized carbons (Fsp3) is 0.426. The summed E-state index contributed by atoms with van der Waals surface area (Å²) in [6.45, 7) is 15.7. The predicted molar refractivity (Wildman–Crippen MR) is 349 cm³/mol. The summed E-state index contributed by atoms with van der Waals surface area (Å²) < 4.78 is 74.0. The molecule has 3 aromatic carbocycles. The van der Waals surface area contributed by atoms with Gasteiger partial charge in [-0.05, 0) is 86.3 Å². The quantitative estimate of drug-likeness (QED) is 0.0111. The molecule has 0 amide bonds. The fourth-order valence-corrected chi connectivity index (χ4v) is 12.6. The van der Waals surface area contributed by atoms with Gasteiger partial charge in [-0.2, -0.15) is 51.7 Å². The monoisotopic (exact) mass is 1420 g/mol. The number of esters is 2. The average molecular weight is 1420 g/mol. The first-order chi connectivity index (χ1) is 44.6. The number of fused-ring (bicyclic) bond motifs is 2. The summed E-state index contributed by atoms with van der Waals surface area (Å²) in [6.07, 6.45) is -6.33. The molecule has 32 nitrogen and oxygen atoms in total. The van der Waals surface area contributed by atoms with Crippen LogP contribution in [0.2, 0.25) is 0 Å². The van der Waals surface area contributed by atoms with Crippen molar-refractivity contribution in [3.63, 3.8) is 0 Å². The molecule has 11 N–H and O–H groups in total. The molecule has 2 fully saturated rings. The first kappa shape index (κ1) is 83.6. The summed E-state index contributed by atoms with van der Waals surface area (Å²) in [7, 11) is -8.44. The number of halogens is 1. The zero-order valence-electron chi connectivity index (χ0n) is 53.8. The minimum absolute atomic E-state index is 0. The molecule has 97 heavy (non-hydrogen) atoms. The van der Waals surface area contributed by atoms with Gasteiger partial charge in [0.25, 0.3) is 5.69 Å². The van der Waals surface area contributed by atoms with E-state index in [9.17, 15) is 64.9 Å². The summed E-state index contributed by atoms with van der Waals surface area (Å²) in [5, 5.41) is 94.9. The number of nitro benzene ring substituents is 1. The third-order valence-corrected chi connectivity index (χ3v) is 16.8. The minimum Gasteiger partial charge on any atom is -1.00 e. The van der Waals surface area contributed by atoms with E-state index in [-0.39, 0.29) is 114 Å². The Bertz CT molecular complexity index is 3850. The Morgan fingerprint density at radius 3 is 1.41 bits per heavy atom. The van der Waals surface area contributed by atoms with Crippen LogP contribution in [0.5, 0.6) is 17.2 Å². The summed E-state index contributed by atoms with van der Waals surface area (Å²) in [5.41, 5.74) is 8.65. The number of aliphatic hydroxyl groups excluding tert-OH is 5. The molecule has 4 aromatic heterocycles. The largest absolute Gasteiger partial charge is 2.00 e. The van der Waals surface area contributed by atoms with Crippen LogP contribution < -0.4 is 47.6 Å². The third-order valence-electron chi connectivity index (χ3n) is 13.8. The summed E-state index contributed by atoms with van der Waals surface area (Å²) in [6, 6.07) is 29.4. The van der Waals surface area contributed by atoms with Crippen molar-refractivity contribution in [2.24, 2.45) is 11.8 Å². The SMILES string of the molecule is C.CCOC(=O)[C@@H](NP(=O)(OC[C@H]1O[C@@](C#N)(c2ccc3c(N)ncnn23)[C@H](O)[C@@H]1O)Oc1ccccc1)C(C)C.CCOC(=O)[C@@H](NP(=O)(Oc1ccccc1)Oc1ccc([N+](=O)[O-])cc1)C(C)C.C[C-](C)C.N#C[C@@]1(c2ccc3c(N)ncnn23)O[C@H](CO)[C@@H](O)[C@H]1O.[Cl-].[Mg+2]. The Morgan fingerprint density at radius 1 is 0.680 bits per heavy atom. The number of carbonyl (C=O) groups is 2. The smallest absolute Gasteiger partial charge is 1.00 e. The fourth-order valence-electron chi connectivity index (χ4n) is 9.21. The molecule has 2 saturated heterocycles. The number of nitrogens with one attached hydrogen (secondary N) is 2. The topological polar surface area (TPSA) is 470 Å². The van der Waals surface area contributed by atoms with Gasteiger partial charge in [0.2, 0.25) is 11.2 Å². The van der Waals surface area contributed by atoms with Crippen molar-refractivity contribution in [1.82, 2.24) is 39.4 Å². The Morgan fingerprint density at radius 2 is 1.05 bits per heavy atom. The molecule has 2 unspecified atom stereocenters. The molecule has 7 aromatic rings. The normalized spacial score (nSPS) is 21.8. The van der Waals surface area contributed by atoms with Crippen molar-refractivity contribution >= 4 is 78.8 Å². The number of nitrogen functional groups attached to an aromatic ring is 2. The van der Waals surface area contributed by atoms with Crippen molar-refractivity contribution in [3.8, 4) is 29.4 Å². The van der Waals surface area contributed by atoms with E-state index in [1.54, 1.807) is 114 Å². The zero-order chi connectivity index (χ0) is 69.3. The van der Waals surface area contributed by atoms with Gasteiger partial charge in [0.1, 0.15) is 102 Å². The van der Waals surface area contributed by atoms with Crippen LogP contribution in [-0.4, -0.2) is 170 Å². The van der Waals surface area contributed by atoms with E-state index in [1.165, 1.54) is 64.0 Å². The number of nitro groups is 1. The van der Waals surface area contributed by atoms with Gasteiger partial charge < -0.3 is 87.8 Å². The maximum Gasteiger partial charge on any atom is 2.00 e. The van der Waals surface area contributed by atoms with E-state index in [4.69, 9.17) is 48.5 Å². The standard InChI is InChI=1S/C25H31N6O8P.C19H23N2O7P.C12H13N5O4.C4H9.CH4.ClH.Mg/c1-4-36-24(34)20(15(2)3)30-40(35,39-16-8-6-5-7-9-16)37-12-18-21(32)22(33)25(13-26,38-18)19-11-10-17-23(27)28-14-29-31(17)19;1-4-26-19(22)18(14(2)3)20-29(25,27-16-8-6-5-7-9-16)28-17-12-10-15(11-13-17)21(23)24;13-4-12(10(20)9(19)7(3-18)21-12)8-2-1-6-11(14)15-5-16-17(6)8;1-4(2)3;;;/h5-11,14-15,18,20-22,32-33H,4,12H2,1-3H3,(H,30,35)(H2,27,28,29);5-14,18H,4H2,1-3H3,(H,20,25);1-2,5,7,9-10,18-20H,3H2,(H2,14,15,16);1-3H3;1H4;1H;/q;;;-1;;;+2/p-1/t18-,20+,21-,22-,25+,40?;18-,29?;7-,9-,10-,12+;;;;/m101..../s1. The number of hydrogen-bond acceptors (Lipinski definition) is 27. The van der Waals surface area contributed by atoms with Crippen LogP contribution in [-0.2, 0) is 53.4 Å². The molecule has 9 rings (SSSR count). The maximum absolute atomic E-state index is 14.0. The molecule has 36 heteroatoms. The van der Waals surface area contributed by atoms with Gasteiger partial charge >= 0.3 is 50.5 Å². The molecule has 12 atom stereocenters. The van der Waals surface area contributed by atoms with Crippen LogP contribution in [0.1, 0.15) is 81.1 Å². The minimum atomic E-state index is -4.33. The van der Waals surface area contributed by atoms with Gasteiger partial charge in [-0.15, -0.1) is 0 Å². The van der Waals surface area contributed by atoms with Gasteiger partial charge in [-0.25, -0.2) is 28.1 Å². The van der Waals surface area contributed by atoms with Crippen molar-refractivity contribution in [2.45, 2.75) is 130 Å². The Balaban J connectivity index is 0.000000379. The molecular formula is C61H80ClMgN13O19P2. The maximum atomic E-state index is 14.0. The summed E-state index contributed by atoms with van der Waals surface area (Å²) in [4.78, 5) is 42.9. The Kier molecular flexibility index (Phi) is 32.2. The van der Waals surface area contributed by atoms with E-state index < -0.39 is 105 Å². The van der Waals surface area contributed by atoms with E-state index in [2.05, 4.69) is 51.1 Å². The van der Waals surface area contributed by atoms with Crippen LogP contribution in [0.25, 0.3) is 11.0 Å². The number of carbonyl (C=O) groups excluding carboxylic acids is 2. The number of benzene rings is 3. The van der Waals surface area contributed by atoms with Crippen molar-refractivity contribution in [3.05, 3.63) is 149 Å². The second-order valence-electron chi connectivity index (χ2n) is 22.0. The molecule has 0 bridgehead atoms. The van der Waals surface area contributed by atoms with Gasteiger partial charge in [-0.3, -0.25) is 24.2 Å². The number of nitriles is 2. The van der Waals surface area contributed by atoms with Gasteiger partial charge in [0.15, 0.2) is 11.6 Å². The molecule has 522 valence electrons. The molecule has 0 spiro atoms. The second-order valence-corrected chi connectivity index (χ2v) is 25.3. The molecule has 2 aliphatic rings. The van der Waals surface area contributed by atoms with Crippen LogP contribution in [0.15, 0.2) is 122 Å². The summed E-state index contributed by atoms with van der Waals surface area (Å²) >= 11 is 0. The number of non-ortho nitro benzene ring substituents is 1. The van der Waals surface area contributed by atoms with E-state index in [0.717, 1.165) is 0 Å². The second kappa shape index (κ2) is 37.3. The number of anilines is 2. The molecule has 0 saturated carbocycles. The summed E-state index contributed by atoms with van der Waals surface area (Å²) in [5.74, 6) is 0.383. The van der Waals surface area contributed by atoms with Gasteiger partial charge in [0.05, 0.1) is 42.7 Å². The number of nitrogens with zero attached hydrogens (tertiary/aromatic N) is 9. The predicted octanol–water partition coefficient (Wildman–Crippen LogP) is 2.89. The number of nitrogens with two attached hydrogens (primary N) is 2. The Hall–Kier alpha value is -7.66. The zero-order valence-corrected chi connectivity index (χ0v) is 57.7. The number of ether oxygens (including phenoxy) is 4. The van der Waals surface area contributed by atoms with Crippen LogP contribution >= 0.6 is 15.5 Å².